The van der Waals surface area contributed by atoms with Crippen LogP contribution in [0.3, 0.4) is 0 Å². The monoisotopic (exact) mass is 324 g/mol. The molecule has 0 saturated carbocycles. The minimum absolute atomic E-state index is 0.588. The van der Waals surface area contributed by atoms with Crippen molar-refractivity contribution < 1.29 is 0 Å². The molecule has 2 rings (SSSR count). The lowest BCUT2D eigenvalue weighted by molar-refractivity contribution is 0.251. The standard InChI is InChI=1S/C16H25BrN2/c1-18(11-12-19-9-5-6-10-19)14-16(13-17)15-7-3-2-4-8-15/h2-4,7-8,16H,5-6,9-14H2,1H3. The Labute approximate surface area is 125 Å². The highest BCUT2D eigenvalue weighted by Crippen LogP contribution is 2.19. The third-order valence-corrected chi connectivity index (χ3v) is 4.77. The molecule has 1 aromatic carbocycles. The Morgan fingerprint density at radius 1 is 1.21 bits per heavy atom. The van der Waals surface area contributed by atoms with Gasteiger partial charge >= 0.3 is 0 Å². The van der Waals surface area contributed by atoms with E-state index in [1.165, 1.54) is 44.6 Å². The number of rotatable bonds is 7. The molecule has 1 heterocycles. The van der Waals surface area contributed by atoms with Gasteiger partial charge in [0.2, 0.25) is 0 Å². The van der Waals surface area contributed by atoms with Gasteiger partial charge in [-0.15, -0.1) is 0 Å². The summed E-state index contributed by atoms with van der Waals surface area (Å²) in [4.78, 5) is 5.05. The average molecular weight is 325 g/mol. The number of hydrogen-bond donors (Lipinski definition) is 0. The zero-order valence-corrected chi connectivity index (χ0v) is 13.5. The van der Waals surface area contributed by atoms with Crippen LogP contribution in [0.5, 0.6) is 0 Å². The van der Waals surface area contributed by atoms with E-state index in [1.54, 1.807) is 0 Å². The fourth-order valence-electron chi connectivity index (χ4n) is 2.75. The first-order valence-electron chi connectivity index (χ1n) is 7.31. The van der Waals surface area contributed by atoms with Gasteiger partial charge in [0.1, 0.15) is 0 Å². The molecule has 1 aliphatic rings. The van der Waals surface area contributed by atoms with E-state index in [1.807, 2.05) is 0 Å². The van der Waals surface area contributed by atoms with Gasteiger partial charge in [-0.05, 0) is 38.5 Å². The van der Waals surface area contributed by atoms with E-state index < -0.39 is 0 Å². The summed E-state index contributed by atoms with van der Waals surface area (Å²) in [5, 5.41) is 1.03. The van der Waals surface area contributed by atoms with Crippen molar-refractivity contribution in [1.82, 2.24) is 9.80 Å². The summed E-state index contributed by atoms with van der Waals surface area (Å²) in [6.45, 7) is 6.13. The van der Waals surface area contributed by atoms with Crippen molar-refractivity contribution in [2.24, 2.45) is 0 Å². The smallest absolute Gasteiger partial charge is 0.0112 e. The van der Waals surface area contributed by atoms with Crippen molar-refractivity contribution >= 4 is 15.9 Å². The van der Waals surface area contributed by atoms with Crippen molar-refractivity contribution in [3.63, 3.8) is 0 Å². The van der Waals surface area contributed by atoms with E-state index in [-0.39, 0.29) is 0 Å². The third kappa shape index (κ3) is 4.90. The van der Waals surface area contributed by atoms with Crippen LogP contribution in [0.4, 0.5) is 0 Å². The van der Waals surface area contributed by atoms with Gasteiger partial charge in [0, 0.05) is 30.9 Å². The first-order valence-corrected chi connectivity index (χ1v) is 8.43. The Morgan fingerprint density at radius 2 is 1.89 bits per heavy atom. The molecule has 1 unspecified atom stereocenters. The average Bonchev–Trinajstić information content (AvgIpc) is 2.97. The molecule has 0 aromatic heterocycles. The number of halogens is 1. The first-order chi connectivity index (χ1) is 9.29. The molecule has 0 amide bonds. The third-order valence-electron chi connectivity index (χ3n) is 3.99. The summed E-state index contributed by atoms with van der Waals surface area (Å²) in [5.74, 6) is 0.588. The molecule has 106 valence electrons. The predicted molar refractivity (Wildman–Crippen MR) is 86.1 cm³/mol. The second-order valence-corrected chi connectivity index (χ2v) is 6.22. The molecule has 1 aromatic rings. The van der Waals surface area contributed by atoms with Crippen LogP contribution in [-0.4, -0.2) is 54.9 Å². The summed E-state index contributed by atoms with van der Waals surface area (Å²) in [7, 11) is 2.24. The van der Waals surface area contributed by atoms with E-state index >= 15 is 0 Å². The van der Waals surface area contributed by atoms with Crippen LogP contribution in [0.1, 0.15) is 24.3 Å². The van der Waals surface area contributed by atoms with Crippen LogP contribution >= 0.6 is 15.9 Å². The number of likely N-dealkylation sites (tertiary alicyclic amines) is 1. The van der Waals surface area contributed by atoms with Crippen LogP contribution < -0.4 is 0 Å². The zero-order chi connectivity index (χ0) is 13.5. The molecule has 0 bridgehead atoms. The maximum atomic E-state index is 3.66. The fourth-order valence-corrected chi connectivity index (χ4v) is 3.33. The van der Waals surface area contributed by atoms with Crippen molar-refractivity contribution in [2.75, 3.05) is 45.1 Å². The maximum absolute atomic E-state index is 3.66. The Bertz CT molecular complexity index is 349. The number of hydrogen-bond acceptors (Lipinski definition) is 2. The molecule has 19 heavy (non-hydrogen) atoms. The van der Waals surface area contributed by atoms with Gasteiger partial charge in [-0.2, -0.15) is 0 Å². The highest BCUT2D eigenvalue weighted by atomic mass is 79.9. The minimum Gasteiger partial charge on any atom is -0.304 e. The topological polar surface area (TPSA) is 6.48 Å². The van der Waals surface area contributed by atoms with E-state index in [9.17, 15) is 0 Å². The van der Waals surface area contributed by atoms with Gasteiger partial charge in [0.05, 0.1) is 0 Å². The summed E-state index contributed by atoms with van der Waals surface area (Å²) in [6.07, 6.45) is 2.77. The van der Waals surface area contributed by atoms with Crippen molar-refractivity contribution in [3.8, 4) is 0 Å². The van der Waals surface area contributed by atoms with Crippen LogP contribution in [0.2, 0.25) is 0 Å². The quantitative estimate of drug-likeness (QED) is 0.711. The Balaban J connectivity index is 1.77. The fraction of sp³-hybridized carbons (Fsp3) is 0.625. The lowest BCUT2D eigenvalue weighted by Gasteiger charge is -2.25. The summed E-state index contributed by atoms with van der Waals surface area (Å²) >= 11 is 3.66. The summed E-state index contributed by atoms with van der Waals surface area (Å²) < 4.78 is 0. The number of nitrogens with zero attached hydrogens (tertiary/aromatic N) is 2. The second-order valence-electron chi connectivity index (χ2n) is 5.57. The molecule has 1 aliphatic heterocycles. The molecule has 0 aliphatic carbocycles. The lowest BCUT2D eigenvalue weighted by Crippen LogP contribution is -2.34. The predicted octanol–water partition coefficient (Wildman–Crippen LogP) is 3.19. The van der Waals surface area contributed by atoms with Crippen LogP contribution in [0.25, 0.3) is 0 Å². The second kappa shape index (κ2) is 8.03. The van der Waals surface area contributed by atoms with Gasteiger partial charge in [0.25, 0.3) is 0 Å². The molecule has 1 fully saturated rings. The molecular weight excluding hydrogens is 300 g/mol. The molecular formula is C16H25BrN2. The van der Waals surface area contributed by atoms with E-state index in [0.717, 1.165) is 11.9 Å². The van der Waals surface area contributed by atoms with E-state index in [0.29, 0.717) is 5.92 Å². The minimum atomic E-state index is 0.588. The van der Waals surface area contributed by atoms with Gasteiger partial charge in [-0.3, -0.25) is 0 Å². The largest absolute Gasteiger partial charge is 0.304 e. The maximum Gasteiger partial charge on any atom is 0.0112 e. The highest BCUT2D eigenvalue weighted by Gasteiger charge is 2.15. The number of benzene rings is 1. The van der Waals surface area contributed by atoms with Crippen molar-refractivity contribution in [1.29, 1.82) is 0 Å². The van der Waals surface area contributed by atoms with Gasteiger partial charge < -0.3 is 9.80 Å². The Hall–Kier alpha value is -0.380. The lowest BCUT2D eigenvalue weighted by atomic mass is 10.0. The van der Waals surface area contributed by atoms with Crippen LogP contribution in [-0.2, 0) is 0 Å². The van der Waals surface area contributed by atoms with Crippen molar-refractivity contribution in [3.05, 3.63) is 35.9 Å². The van der Waals surface area contributed by atoms with Crippen molar-refractivity contribution in [2.45, 2.75) is 18.8 Å². The molecule has 3 heteroatoms. The molecule has 0 radical (unpaired) electrons. The van der Waals surface area contributed by atoms with Gasteiger partial charge in [0.15, 0.2) is 0 Å². The van der Waals surface area contributed by atoms with Crippen LogP contribution in [0, 0.1) is 0 Å². The molecule has 2 nitrogen and oxygen atoms in total. The van der Waals surface area contributed by atoms with Gasteiger partial charge in [-0.25, -0.2) is 0 Å². The molecule has 0 N–H and O–H groups in total. The van der Waals surface area contributed by atoms with Gasteiger partial charge in [-0.1, -0.05) is 46.3 Å². The zero-order valence-electron chi connectivity index (χ0n) is 11.9. The summed E-state index contributed by atoms with van der Waals surface area (Å²) in [5.41, 5.74) is 1.44. The number of alkyl halides is 1. The highest BCUT2D eigenvalue weighted by molar-refractivity contribution is 9.09. The summed E-state index contributed by atoms with van der Waals surface area (Å²) in [6, 6.07) is 10.8. The normalized spacial score (nSPS) is 18.1. The number of likely N-dealkylation sites (N-methyl/N-ethyl adjacent to an activating group) is 1. The SMILES string of the molecule is CN(CCN1CCCC1)CC(CBr)c1ccccc1. The Kier molecular flexibility index (Phi) is 6.35. The Morgan fingerprint density at radius 3 is 2.53 bits per heavy atom. The molecule has 1 saturated heterocycles. The van der Waals surface area contributed by atoms with E-state index in [2.05, 4.69) is 63.1 Å². The van der Waals surface area contributed by atoms with Crippen LogP contribution in [0.15, 0.2) is 30.3 Å². The molecule has 0 spiro atoms. The van der Waals surface area contributed by atoms with E-state index in [4.69, 9.17) is 0 Å². The molecule has 1 atom stereocenters. The first kappa shape index (κ1) is 15.0.